The van der Waals surface area contributed by atoms with Crippen molar-refractivity contribution >= 4 is 11.9 Å². The molecule has 2 atom stereocenters. The van der Waals surface area contributed by atoms with E-state index in [0.717, 1.165) is 6.42 Å². The predicted molar refractivity (Wildman–Crippen MR) is 56.4 cm³/mol. The lowest BCUT2D eigenvalue weighted by Crippen LogP contribution is -2.52. The molecule has 1 fully saturated rings. The Labute approximate surface area is 90.0 Å². The topological polar surface area (TPSA) is 66.4 Å². The molecular weight excluding hydrogens is 194 g/mol. The molecule has 4 nitrogen and oxygen atoms in total. The Morgan fingerprint density at radius 3 is 2.27 bits per heavy atom. The van der Waals surface area contributed by atoms with Gasteiger partial charge in [-0.05, 0) is 25.2 Å². The molecule has 0 radical (unpaired) electrons. The van der Waals surface area contributed by atoms with Crippen LogP contribution in [0.15, 0.2) is 0 Å². The van der Waals surface area contributed by atoms with Crippen LogP contribution in [0.5, 0.6) is 0 Å². The quantitative estimate of drug-likeness (QED) is 0.741. The van der Waals surface area contributed by atoms with Crippen molar-refractivity contribution in [2.45, 2.75) is 46.1 Å². The van der Waals surface area contributed by atoms with Gasteiger partial charge in [-0.15, -0.1) is 0 Å². The zero-order chi connectivity index (χ0) is 11.9. The van der Waals surface area contributed by atoms with E-state index in [2.05, 4.69) is 5.32 Å². The Morgan fingerprint density at radius 1 is 1.53 bits per heavy atom. The normalized spacial score (nSPS) is 26.5. The highest BCUT2D eigenvalue weighted by atomic mass is 16.4. The fraction of sp³-hybridized carbons (Fsp3) is 0.818. The number of carboxylic acid groups (broad SMARTS) is 1. The third-order valence-corrected chi connectivity index (χ3v) is 3.41. The van der Waals surface area contributed by atoms with Gasteiger partial charge in [-0.1, -0.05) is 20.8 Å². The first-order valence-corrected chi connectivity index (χ1v) is 5.28. The summed E-state index contributed by atoms with van der Waals surface area (Å²) in [7, 11) is 0. The van der Waals surface area contributed by atoms with Gasteiger partial charge in [0.25, 0.3) is 0 Å². The first-order valence-electron chi connectivity index (χ1n) is 5.28. The lowest BCUT2D eigenvalue weighted by Gasteiger charge is -2.24. The second-order valence-electron chi connectivity index (χ2n) is 5.23. The van der Waals surface area contributed by atoms with E-state index in [0.29, 0.717) is 6.42 Å². The van der Waals surface area contributed by atoms with Gasteiger partial charge < -0.3 is 10.4 Å². The SMILES string of the molecule is CCC(C)(NC(=O)[C@H]1CC1(C)C)C(=O)O. The van der Waals surface area contributed by atoms with E-state index in [4.69, 9.17) is 5.11 Å². The average Bonchev–Trinajstić information content (AvgIpc) is 2.74. The van der Waals surface area contributed by atoms with E-state index < -0.39 is 11.5 Å². The smallest absolute Gasteiger partial charge is 0.329 e. The Kier molecular flexibility index (Phi) is 2.81. The maximum Gasteiger partial charge on any atom is 0.329 e. The maximum atomic E-state index is 11.7. The van der Waals surface area contributed by atoms with Crippen LogP contribution in [0.1, 0.15) is 40.5 Å². The molecule has 1 aliphatic carbocycles. The second-order valence-corrected chi connectivity index (χ2v) is 5.23. The summed E-state index contributed by atoms with van der Waals surface area (Å²) < 4.78 is 0. The molecular formula is C11H19NO3. The molecule has 1 aliphatic rings. The molecule has 1 unspecified atom stereocenters. The summed E-state index contributed by atoms with van der Waals surface area (Å²) in [4.78, 5) is 22.7. The molecule has 0 aromatic carbocycles. The molecule has 0 heterocycles. The molecule has 0 aliphatic heterocycles. The van der Waals surface area contributed by atoms with Crippen molar-refractivity contribution in [3.63, 3.8) is 0 Å². The third-order valence-electron chi connectivity index (χ3n) is 3.41. The Morgan fingerprint density at radius 2 is 2.00 bits per heavy atom. The van der Waals surface area contributed by atoms with Gasteiger partial charge in [-0.2, -0.15) is 0 Å². The van der Waals surface area contributed by atoms with Crippen LogP contribution in [0, 0.1) is 11.3 Å². The summed E-state index contributed by atoms with van der Waals surface area (Å²) >= 11 is 0. The highest BCUT2D eigenvalue weighted by Gasteiger charge is 2.52. The molecule has 0 spiro atoms. The van der Waals surface area contributed by atoms with Crippen molar-refractivity contribution in [2.24, 2.45) is 11.3 Å². The number of carboxylic acids is 1. The summed E-state index contributed by atoms with van der Waals surface area (Å²) in [6, 6.07) is 0. The van der Waals surface area contributed by atoms with Crippen molar-refractivity contribution in [1.29, 1.82) is 0 Å². The van der Waals surface area contributed by atoms with Crippen molar-refractivity contribution in [3.8, 4) is 0 Å². The van der Waals surface area contributed by atoms with Crippen molar-refractivity contribution < 1.29 is 14.7 Å². The zero-order valence-electron chi connectivity index (χ0n) is 9.76. The molecule has 0 saturated heterocycles. The monoisotopic (exact) mass is 213 g/mol. The van der Waals surface area contributed by atoms with Crippen molar-refractivity contribution in [1.82, 2.24) is 5.32 Å². The maximum absolute atomic E-state index is 11.7. The van der Waals surface area contributed by atoms with Crippen LogP contribution < -0.4 is 5.32 Å². The van der Waals surface area contributed by atoms with Crippen LogP contribution in [-0.4, -0.2) is 22.5 Å². The average molecular weight is 213 g/mol. The lowest BCUT2D eigenvalue weighted by atomic mass is 9.98. The van der Waals surface area contributed by atoms with Crippen LogP contribution >= 0.6 is 0 Å². The highest BCUT2D eigenvalue weighted by molar-refractivity contribution is 5.89. The Bertz CT molecular complexity index is 298. The largest absolute Gasteiger partial charge is 0.480 e. The van der Waals surface area contributed by atoms with Gasteiger partial charge >= 0.3 is 5.97 Å². The second kappa shape index (κ2) is 3.51. The fourth-order valence-corrected chi connectivity index (χ4v) is 1.57. The van der Waals surface area contributed by atoms with Crippen LogP contribution in [0.4, 0.5) is 0 Å². The third kappa shape index (κ3) is 2.30. The minimum Gasteiger partial charge on any atom is -0.480 e. The number of hydrogen-bond donors (Lipinski definition) is 2. The molecule has 15 heavy (non-hydrogen) atoms. The molecule has 1 rings (SSSR count). The number of rotatable bonds is 4. The first kappa shape index (κ1) is 12.0. The van der Waals surface area contributed by atoms with Crippen LogP contribution in [0.2, 0.25) is 0 Å². The predicted octanol–water partition coefficient (Wildman–Crippen LogP) is 1.40. The van der Waals surface area contributed by atoms with Crippen molar-refractivity contribution in [3.05, 3.63) is 0 Å². The summed E-state index contributed by atoms with van der Waals surface area (Å²) in [5, 5.41) is 11.6. The molecule has 0 aromatic rings. The molecule has 1 saturated carbocycles. The minimum absolute atomic E-state index is 0.0253. The Balaban J connectivity index is 2.62. The van der Waals surface area contributed by atoms with Gasteiger partial charge in [0.05, 0.1) is 0 Å². The summed E-state index contributed by atoms with van der Waals surface area (Å²) in [6.07, 6.45) is 1.24. The van der Waals surface area contributed by atoms with Gasteiger partial charge in [0.15, 0.2) is 0 Å². The van der Waals surface area contributed by atoms with E-state index in [1.807, 2.05) is 13.8 Å². The summed E-state index contributed by atoms with van der Waals surface area (Å²) in [6.45, 7) is 7.33. The van der Waals surface area contributed by atoms with E-state index in [-0.39, 0.29) is 17.2 Å². The van der Waals surface area contributed by atoms with Crippen LogP contribution in [0.3, 0.4) is 0 Å². The number of carbonyl (C=O) groups is 2. The number of carbonyl (C=O) groups excluding carboxylic acids is 1. The standard InChI is InChI=1S/C11H19NO3/c1-5-11(4,9(14)15)12-8(13)7-6-10(7,2)3/h7H,5-6H2,1-4H3,(H,12,13)(H,14,15)/t7-,11?/m1/s1. The Hall–Kier alpha value is -1.06. The van der Waals surface area contributed by atoms with E-state index in [1.165, 1.54) is 0 Å². The van der Waals surface area contributed by atoms with Gasteiger partial charge in [-0.3, -0.25) is 4.79 Å². The zero-order valence-corrected chi connectivity index (χ0v) is 9.76. The van der Waals surface area contributed by atoms with Gasteiger partial charge in [0.2, 0.25) is 5.91 Å². The highest BCUT2D eigenvalue weighted by Crippen LogP contribution is 2.51. The molecule has 2 N–H and O–H groups in total. The van der Waals surface area contributed by atoms with Gasteiger partial charge in [-0.25, -0.2) is 4.79 Å². The molecule has 4 heteroatoms. The van der Waals surface area contributed by atoms with Gasteiger partial charge in [0, 0.05) is 5.92 Å². The van der Waals surface area contributed by atoms with E-state index >= 15 is 0 Å². The summed E-state index contributed by atoms with van der Waals surface area (Å²) in [5.74, 6) is -1.13. The van der Waals surface area contributed by atoms with E-state index in [1.54, 1.807) is 13.8 Å². The van der Waals surface area contributed by atoms with Gasteiger partial charge in [0.1, 0.15) is 5.54 Å². The number of nitrogens with one attached hydrogen (secondary N) is 1. The molecule has 0 bridgehead atoms. The first-order chi connectivity index (χ1) is 6.73. The van der Waals surface area contributed by atoms with Crippen LogP contribution in [-0.2, 0) is 9.59 Å². The minimum atomic E-state index is -1.13. The molecule has 0 aromatic heterocycles. The van der Waals surface area contributed by atoms with E-state index in [9.17, 15) is 9.59 Å². The summed E-state index contributed by atoms with van der Waals surface area (Å²) in [5.41, 5.74) is -1.09. The van der Waals surface area contributed by atoms with Crippen LogP contribution in [0.25, 0.3) is 0 Å². The number of amides is 1. The number of hydrogen-bond acceptors (Lipinski definition) is 2. The lowest BCUT2D eigenvalue weighted by molar-refractivity contribution is -0.147. The molecule has 86 valence electrons. The van der Waals surface area contributed by atoms with Crippen molar-refractivity contribution in [2.75, 3.05) is 0 Å². The number of aliphatic carboxylic acids is 1. The fourth-order valence-electron chi connectivity index (χ4n) is 1.57. The molecule has 1 amide bonds.